The van der Waals surface area contributed by atoms with Crippen LogP contribution in [0.4, 0.5) is 5.69 Å². The molecule has 1 aromatic heterocycles. The summed E-state index contributed by atoms with van der Waals surface area (Å²) in [4.78, 5) is 25.4. The molecular formula is C11H7ClN2O3. The van der Waals surface area contributed by atoms with E-state index in [0.717, 1.165) is 0 Å². The molecule has 6 heteroatoms. The number of fused-ring (bicyclic) bond motifs is 1. The van der Waals surface area contributed by atoms with Crippen molar-refractivity contribution in [1.82, 2.24) is 4.98 Å². The monoisotopic (exact) mass is 250 g/mol. The molecule has 0 spiro atoms. The Morgan fingerprint density at radius 1 is 1.41 bits per heavy atom. The Labute approximate surface area is 101 Å². The maximum absolute atomic E-state index is 11.3. The van der Waals surface area contributed by atoms with Crippen molar-refractivity contribution in [3.63, 3.8) is 0 Å². The number of non-ortho nitro benzene ring substituents is 1. The molecule has 5 nitrogen and oxygen atoms in total. The number of rotatable bonds is 2. The number of hydrogen-bond donors (Lipinski definition) is 0. The summed E-state index contributed by atoms with van der Waals surface area (Å²) in [5.74, 6) is -0.226. The molecule has 0 aliphatic rings. The lowest BCUT2D eigenvalue weighted by Gasteiger charge is -2.02. The van der Waals surface area contributed by atoms with E-state index in [1.54, 1.807) is 0 Å². The Balaban J connectivity index is 2.72. The number of carbonyl (C=O) groups is 1. The zero-order chi connectivity index (χ0) is 12.6. The van der Waals surface area contributed by atoms with Gasteiger partial charge in [-0.15, -0.1) is 0 Å². The number of nitro groups is 1. The molecule has 0 amide bonds. The van der Waals surface area contributed by atoms with Gasteiger partial charge in [0.05, 0.1) is 16.0 Å². The van der Waals surface area contributed by atoms with E-state index in [1.807, 2.05) is 0 Å². The van der Waals surface area contributed by atoms with Gasteiger partial charge in [-0.3, -0.25) is 14.9 Å². The van der Waals surface area contributed by atoms with Crippen molar-refractivity contribution in [3.8, 4) is 0 Å². The van der Waals surface area contributed by atoms with Crippen LogP contribution >= 0.6 is 11.6 Å². The number of halogens is 1. The van der Waals surface area contributed by atoms with Crippen molar-refractivity contribution in [1.29, 1.82) is 0 Å². The molecule has 1 aromatic carbocycles. The van der Waals surface area contributed by atoms with Crippen LogP contribution < -0.4 is 0 Å². The summed E-state index contributed by atoms with van der Waals surface area (Å²) in [5, 5.41) is 11.3. The summed E-state index contributed by atoms with van der Waals surface area (Å²) in [6.45, 7) is 1.37. The van der Waals surface area contributed by atoms with E-state index in [1.165, 1.54) is 31.2 Å². The third-order valence-corrected chi connectivity index (χ3v) is 2.63. The molecule has 86 valence electrons. The molecule has 1 heterocycles. The van der Waals surface area contributed by atoms with Gasteiger partial charge in [-0.25, -0.2) is 4.98 Å². The van der Waals surface area contributed by atoms with E-state index >= 15 is 0 Å². The van der Waals surface area contributed by atoms with Gasteiger partial charge in [0.15, 0.2) is 5.78 Å². The normalized spacial score (nSPS) is 10.5. The first kappa shape index (κ1) is 11.5. The van der Waals surface area contributed by atoms with Crippen molar-refractivity contribution in [2.45, 2.75) is 6.92 Å². The topological polar surface area (TPSA) is 73.1 Å². The molecule has 0 N–H and O–H groups in total. The van der Waals surface area contributed by atoms with E-state index in [4.69, 9.17) is 11.6 Å². The van der Waals surface area contributed by atoms with Gasteiger partial charge in [-0.05, 0) is 19.1 Å². The van der Waals surface area contributed by atoms with Crippen LogP contribution in [0.3, 0.4) is 0 Å². The lowest BCUT2D eigenvalue weighted by atomic mass is 10.1. The smallest absolute Gasteiger partial charge is 0.270 e. The predicted octanol–water partition coefficient (Wildman–Crippen LogP) is 3.00. The molecule has 0 radical (unpaired) electrons. The average molecular weight is 251 g/mol. The van der Waals surface area contributed by atoms with Gasteiger partial charge in [-0.2, -0.15) is 0 Å². The van der Waals surface area contributed by atoms with Crippen molar-refractivity contribution in [3.05, 3.63) is 45.1 Å². The zero-order valence-corrected chi connectivity index (χ0v) is 9.56. The summed E-state index contributed by atoms with van der Waals surface area (Å²) < 4.78 is 0. The number of Topliss-reactive ketones (excluding diaryl/α,β-unsaturated/α-hetero) is 1. The lowest BCUT2D eigenvalue weighted by molar-refractivity contribution is -0.384. The van der Waals surface area contributed by atoms with E-state index in [9.17, 15) is 14.9 Å². The Morgan fingerprint density at radius 2 is 2.12 bits per heavy atom. The van der Waals surface area contributed by atoms with Crippen LogP contribution in [-0.2, 0) is 0 Å². The second-order valence-electron chi connectivity index (χ2n) is 3.52. The van der Waals surface area contributed by atoms with Crippen LogP contribution in [0.5, 0.6) is 0 Å². The summed E-state index contributed by atoms with van der Waals surface area (Å²) in [5.41, 5.74) is 0.737. The molecule has 0 aliphatic carbocycles. The first-order valence-corrected chi connectivity index (χ1v) is 5.12. The first-order chi connectivity index (χ1) is 7.99. The SMILES string of the molecule is CC(=O)c1cc2cc([N+](=O)[O-])ccc2nc1Cl. The van der Waals surface area contributed by atoms with Gasteiger partial charge in [0.1, 0.15) is 5.15 Å². The standard InChI is InChI=1S/C11H7ClN2O3/c1-6(15)9-5-7-4-8(14(16)17)2-3-10(7)13-11(9)12/h2-5H,1H3. The van der Waals surface area contributed by atoms with Gasteiger partial charge in [0.2, 0.25) is 0 Å². The van der Waals surface area contributed by atoms with Crippen LogP contribution in [-0.4, -0.2) is 15.7 Å². The van der Waals surface area contributed by atoms with Gasteiger partial charge >= 0.3 is 0 Å². The quantitative estimate of drug-likeness (QED) is 0.355. The highest BCUT2D eigenvalue weighted by molar-refractivity contribution is 6.33. The molecule has 0 unspecified atom stereocenters. The lowest BCUT2D eigenvalue weighted by Crippen LogP contribution is -1.96. The third-order valence-electron chi connectivity index (χ3n) is 2.34. The molecule has 0 bridgehead atoms. The van der Waals surface area contributed by atoms with E-state index in [0.29, 0.717) is 10.9 Å². The maximum atomic E-state index is 11.3. The Kier molecular flexibility index (Phi) is 2.77. The van der Waals surface area contributed by atoms with Crippen LogP contribution in [0.1, 0.15) is 17.3 Å². The maximum Gasteiger partial charge on any atom is 0.270 e. The molecular weight excluding hydrogens is 244 g/mol. The Morgan fingerprint density at radius 3 is 2.71 bits per heavy atom. The van der Waals surface area contributed by atoms with Gasteiger partial charge < -0.3 is 0 Å². The Hall–Kier alpha value is -2.01. The van der Waals surface area contributed by atoms with Crippen LogP contribution in [0.15, 0.2) is 24.3 Å². The zero-order valence-electron chi connectivity index (χ0n) is 8.81. The summed E-state index contributed by atoms with van der Waals surface area (Å²) in [7, 11) is 0. The van der Waals surface area contributed by atoms with E-state index < -0.39 is 4.92 Å². The third kappa shape index (κ3) is 2.09. The highest BCUT2D eigenvalue weighted by Crippen LogP contribution is 2.24. The predicted molar refractivity (Wildman–Crippen MR) is 63.4 cm³/mol. The van der Waals surface area contributed by atoms with E-state index in [-0.39, 0.29) is 22.2 Å². The minimum Gasteiger partial charge on any atom is -0.294 e. The van der Waals surface area contributed by atoms with Crippen molar-refractivity contribution in [2.24, 2.45) is 0 Å². The van der Waals surface area contributed by atoms with Crippen LogP contribution in [0, 0.1) is 10.1 Å². The molecule has 0 saturated carbocycles. The number of ketones is 1. The molecule has 17 heavy (non-hydrogen) atoms. The number of pyridine rings is 1. The highest BCUT2D eigenvalue weighted by Gasteiger charge is 2.12. The fourth-order valence-corrected chi connectivity index (χ4v) is 1.78. The van der Waals surface area contributed by atoms with Crippen molar-refractivity contribution in [2.75, 3.05) is 0 Å². The largest absolute Gasteiger partial charge is 0.294 e. The first-order valence-electron chi connectivity index (χ1n) is 4.74. The second-order valence-corrected chi connectivity index (χ2v) is 3.88. The Bertz CT molecular complexity index is 640. The molecule has 0 aliphatic heterocycles. The van der Waals surface area contributed by atoms with Gasteiger partial charge in [-0.1, -0.05) is 11.6 Å². The summed E-state index contributed by atoms with van der Waals surface area (Å²) in [6.07, 6.45) is 0. The van der Waals surface area contributed by atoms with Crippen molar-refractivity contribution < 1.29 is 9.72 Å². The number of nitro benzene ring substituents is 1. The van der Waals surface area contributed by atoms with E-state index in [2.05, 4.69) is 4.98 Å². The fourth-order valence-electron chi connectivity index (χ4n) is 1.50. The fraction of sp³-hybridized carbons (Fsp3) is 0.0909. The molecule has 2 aromatic rings. The van der Waals surface area contributed by atoms with Gasteiger partial charge in [0, 0.05) is 17.5 Å². The highest BCUT2D eigenvalue weighted by atomic mass is 35.5. The molecule has 0 atom stereocenters. The molecule has 0 fully saturated rings. The molecule has 0 saturated heterocycles. The summed E-state index contributed by atoms with van der Waals surface area (Å²) >= 11 is 5.83. The number of aromatic nitrogens is 1. The van der Waals surface area contributed by atoms with Crippen molar-refractivity contribution >= 4 is 34.0 Å². The minimum absolute atomic E-state index is 0.0453. The second kappa shape index (κ2) is 4.10. The molecule has 2 rings (SSSR count). The van der Waals surface area contributed by atoms with Gasteiger partial charge in [0.25, 0.3) is 5.69 Å². The minimum atomic E-state index is -0.499. The van der Waals surface area contributed by atoms with Crippen LogP contribution in [0.25, 0.3) is 10.9 Å². The summed E-state index contributed by atoms with van der Waals surface area (Å²) in [6, 6.07) is 5.73. The number of carbonyl (C=O) groups excluding carboxylic acids is 1. The number of nitrogens with zero attached hydrogens (tertiary/aromatic N) is 2. The van der Waals surface area contributed by atoms with Crippen LogP contribution in [0.2, 0.25) is 5.15 Å². The average Bonchev–Trinajstić information content (AvgIpc) is 2.27. The number of benzene rings is 1. The number of hydrogen-bond acceptors (Lipinski definition) is 4.